The molecular formula is C8F17Na2O4P. The zero-order valence-electron chi connectivity index (χ0n) is 14.5. The number of phosphoric acid groups is 1. The Bertz CT molecular complexity index is 700. The summed E-state index contributed by atoms with van der Waals surface area (Å²) in [6, 6.07) is 0. The summed E-state index contributed by atoms with van der Waals surface area (Å²) >= 11 is 0. The maximum Gasteiger partial charge on any atom is 1.00 e. The molecule has 0 fully saturated rings. The van der Waals surface area contributed by atoms with Crippen LogP contribution in [0.15, 0.2) is 0 Å². The van der Waals surface area contributed by atoms with Gasteiger partial charge in [0.1, 0.15) is 0 Å². The predicted octanol–water partition coefficient (Wildman–Crippen LogP) is -2.19. The monoisotopic (exact) mass is 560 g/mol. The van der Waals surface area contributed by atoms with Crippen LogP contribution in [-0.2, 0) is 9.09 Å². The Balaban J connectivity index is -0.00000420. The maximum atomic E-state index is 13.4. The van der Waals surface area contributed by atoms with Gasteiger partial charge in [0.15, 0.2) is 0 Å². The topological polar surface area (TPSA) is 72.4 Å². The molecule has 0 aromatic rings. The first-order valence-corrected chi connectivity index (χ1v) is 7.36. The molecular weight excluding hydrogens is 560 g/mol. The van der Waals surface area contributed by atoms with E-state index >= 15 is 0 Å². The first-order valence-electron chi connectivity index (χ1n) is 5.90. The van der Waals surface area contributed by atoms with Gasteiger partial charge in [-0.1, -0.05) is 0 Å². The van der Waals surface area contributed by atoms with Crippen molar-refractivity contribution in [1.29, 1.82) is 0 Å². The Morgan fingerprint density at radius 2 is 0.719 bits per heavy atom. The van der Waals surface area contributed by atoms with Crippen LogP contribution in [0.25, 0.3) is 0 Å². The van der Waals surface area contributed by atoms with Crippen LogP contribution in [0.1, 0.15) is 0 Å². The van der Waals surface area contributed by atoms with Crippen LogP contribution < -0.4 is 68.9 Å². The van der Waals surface area contributed by atoms with Gasteiger partial charge in [0.05, 0.1) is 7.82 Å². The van der Waals surface area contributed by atoms with Gasteiger partial charge >= 0.3 is 107 Å². The number of alkyl halides is 17. The summed E-state index contributed by atoms with van der Waals surface area (Å²) < 4.78 is 227. The molecule has 182 valence electrons. The third-order valence-electron chi connectivity index (χ3n) is 2.94. The molecule has 0 rings (SSSR count). The minimum atomic E-state index is -8.91. The van der Waals surface area contributed by atoms with Crippen molar-refractivity contribution in [1.82, 2.24) is 0 Å². The smallest absolute Gasteiger partial charge is 0.790 e. The zero-order chi connectivity index (χ0) is 25.2. The van der Waals surface area contributed by atoms with Crippen LogP contribution in [0.3, 0.4) is 0 Å². The molecule has 0 radical (unpaired) electrons. The summed E-state index contributed by atoms with van der Waals surface area (Å²) in [7, 11) is -7.87. The summed E-state index contributed by atoms with van der Waals surface area (Å²) in [6.07, 6.45) is -15.9. The van der Waals surface area contributed by atoms with Crippen molar-refractivity contribution >= 4 is 7.82 Å². The van der Waals surface area contributed by atoms with Gasteiger partial charge in [-0.3, -0.25) is 0 Å². The van der Waals surface area contributed by atoms with Crippen molar-refractivity contribution in [3.8, 4) is 0 Å². The Morgan fingerprint density at radius 3 is 0.938 bits per heavy atom. The second-order valence-corrected chi connectivity index (χ2v) is 6.08. The van der Waals surface area contributed by atoms with Gasteiger partial charge in [-0.2, -0.15) is 74.6 Å². The molecule has 1 atom stereocenters. The molecule has 24 heteroatoms. The maximum absolute atomic E-state index is 13.4. The first kappa shape index (κ1) is 37.5. The zero-order valence-corrected chi connectivity index (χ0v) is 19.4. The second kappa shape index (κ2) is 9.76. The van der Waals surface area contributed by atoms with Crippen molar-refractivity contribution in [3.63, 3.8) is 0 Å². The number of hydrogen-bond donors (Lipinski definition) is 0. The standard InChI is InChI=1S/C8H2F17O4P.2Na/c9-1(10,3(13,14)5(17,18)7(20,21)22)2(11,12)4(15,16)6(19,8(23,24)25)29-30(26,27)28;;/h(H2,26,27,28);;/q;2*+1/p-2. The molecule has 0 aliphatic heterocycles. The molecule has 0 N–H and O–H groups in total. The minimum absolute atomic E-state index is 0. The third kappa shape index (κ3) is 5.66. The van der Waals surface area contributed by atoms with Crippen LogP contribution in [0.5, 0.6) is 0 Å². The van der Waals surface area contributed by atoms with E-state index in [2.05, 4.69) is 0 Å². The van der Waals surface area contributed by atoms with Crippen LogP contribution in [0.2, 0.25) is 0 Å². The normalized spacial score (nSPS) is 17.2. The summed E-state index contributed by atoms with van der Waals surface area (Å²) in [6.45, 7) is 0. The van der Waals surface area contributed by atoms with E-state index in [0.29, 0.717) is 0 Å². The Morgan fingerprint density at radius 1 is 0.469 bits per heavy atom. The van der Waals surface area contributed by atoms with Gasteiger partial charge in [-0.15, -0.1) is 0 Å². The number of halogens is 17. The first-order chi connectivity index (χ1) is 12.5. The Kier molecular flexibility index (Phi) is 11.4. The summed E-state index contributed by atoms with van der Waals surface area (Å²) in [5.74, 6) is -51.7. The molecule has 0 saturated carbocycles. The van der Waals surface area contributed by atoms with E-state index in [4.69, 9.17) is 0 Å². The largest absolute Gasteiger partial charge is 1.00 e. The fourth-order valence-electron chi connectivity index (χ4n) is 1.41. The van der Waals surface area contributed by atoms with Crippen LogP contribution in [0.4, 0.5) is 74.6 Å². The van der Waals surface area contributed by atoms with E-state index in [9.17, 15) is 89.0 Å². The van der Waals surface area contributed by atoms with E-state index in [-0.39, 0.29) is 59.1 Å². The number of rotatable bonds is 7. The average molecular weight is 560 g/mol. The molecule has 0 bridgehead atoms. The number of hydrogen-bond acceptors (Lipinski definition) is 4. The average Bonchev–Trinajstić information content (AvgIpc) is 2.41. The van der Waals surface area contributed by atoms with Crippen molar-refractivity contribution in [2.24, 2.45) is 0 Å². The summed E-state index contributed by atoms with van der Waals surface area (Å²) in [5, 5.41) is 0. The molecule has 0 aliphatic carbocycles. The summed E-state index contributed by atoms with van der Waals surface area (Å²) in [5.41, 5.74) is 0. The van der Waals surface area contributed by atoms with Crippen molar-refractivity contribution in [3.05, 3.63) is 0 Å². The van der Waals surface area contributed by atoms with E-state index in [1.807, 2.05) is 0 Å². The molecule has 0 aromatic heterocycles. The van der Waals surface area contributed by atoms with Crippen molar-refractivity contribution < 1.29 is 153 Å². The summed E-state index contributed by atoms with van der Waals surface area (Å²) in [4.78, 5) is 19.9. The van der Waals surface area contributed by atoms with E-state index < -0.39 is 55.6 Å². The Hall–Kier alpha value is 0.920. The van der Waals surface area contributed by atoms with Crippen molar-refractivity contribution in [2.45, 2.75) is 47.8 Å². The molecule has 0 amide bonds. The number of phosphoric ester groups is 1. The Labute approximate surface area is 207 Å². The van der Waals surface area contributed by atoms with Crippen LogP contribution in [0, 0.1) is 0 Å². The fourth-order valence-corrected chi connectivity index (χ4v) is 1.94. The van der Waals surface area contributed by atoms with Gasteiger partial charge in [-0.25, -0.2) is 0 Å². The molecule has 0 aliphatic rings. The molecule has 1 unspecified atom stereocenters. The van der Waals surface area contributed by atoms with E-state index in [1.165, 1.54) is 4.52 Å². The minimum Gasteiger partial charge on any atom is -0.790 e. The van der Waals surface area contributed by atoms with Crippen LogP contribution in [-0.4, -0.2) is 47.8 Å². The van der Waals surface area contributed by atoms with Gasteiger partial charge in [0.25, 0.3) is 0 Å². The predicted molar refractivity (Wildman–Crippen MR) is 49.4 cm³/mol. The van der Waals surface area contributed by atoms with Gasteiger partial charge in [0, 0.05) is 0 Å². The van der Waals surface area contributed by atoms with E-state index in [1.54, 1.807) is 0 Å². The van der Waals surface area contributed by atoms with Gasteiger partial charge in [-0.05, 0) is 0 Å². The van der Waals surface area contributed by atoms with Gasteiger partial charge in [0.2, 0.25) is 0 Å². The molecule has 4 nitrogen and oxygen atoms in total. The quantitative estimate of drug-likeness (QED) is 0.202. The molecule has 0 saturated heterocycles. The van der Waals surface area contributed by atoms with E-state index in [0.717, 1.165) is 0 Å². The van der Waals surface area contributed by atoms with Crippen LogP contribution >= 0.6 is 7.82 Å². The fraction of sp³-hybridized carbons (Fsp3) is 1.00. The molecule has 32 heavy (non-hydrogen) atoms. The SMILES string of the molecule is O=P([O-])([O-])OC(F)(C(F)(F)F)C(F)(F)C(F)(F)C(F)(F)C(F)(F)C(F)(F)C(F)(F)F.[Na+].[Na+]. The van der Waals surface area contributed by atoms with Crippen molar-refractivity contribution in [2.75, 3.05) is 0 Å². The molecule has 0 heterocycles. The third-order valence-corrected chi connectivity index (χ3v) is 3.41. The molecule has 0 spiro atoms. The molecule has 0 aromatic carbocycles. The van der Waals surface area contributed by atoms with Gasteiger partial charge < -0.3 is 18.9 Å². The second-order valence-electron chi connectivity index (χ2n) is 5.00.